The van der Waals surface area contributed by atoms with Crippen molar-refractivity contribution in [2.75, 3.05) is 0 Å². The molecule has 1 aromatic carbocycles. The van der Waals surface area contributed by atoms with E-state index in [2.05, 4.69) is 9.97 Å². The molecule has 7 heteroatoms. The predicted molar refractivity (Wildman–Crippen MR) is 59.6 cm³/mol. The van der Waals surface area contributed by atoms with Crippen LogP contribution >= 0.6 is 0 Å². The lowest BCUT2D eigenvalue weighted by Crippen LogP contribution is -2.04. The Hall–Kier alpha value is -2.31. The summed E-state index contributed by atoms with van der Waals surface area (Å²) >= 11 is 0. The van der Waals surface area contributed by atoms with Gasteiger partial charge >= 0.3 is 6.18 Å². The van der Waals surface area contributed by atoms with E-state index >= 15 is 0 Å². The molecule has 0 saturated heterocycles. The second kappa shape index (κ2) is 4.75. The molecule has 1 aromatic heterocycles. The number of halogens is 3. The van der Waals surface area contributed by atoms with Gasteiger partial charge in [0, 0.05) is 6.42 Å². The van der Waals surface area contributed by atoms with E-state index < -0.39 is 23.4 Å². The lowest BCUT2D eigenvalue weighted by Gasteiger charge is -2.07. The van der Waals surface area contributed by atoms with Gasteiger partial charge < -0.3 is 10.2 Å². The van der Waals surface area contributed by atoms with Crippen LogP contribution in [0.1, 0.15) is 17.0 Å². The second-order valence-corrected chi connectivity index (χ2v) is 3.87. The van der Waals surface area contributed by atoms with Crippen molar-refractivity contribution >= 4 is 0 Å². The highest BCUT2D eigenvalue weighted by atomic mass is 19.4. The topological polar surface area (TPSA) is 66.2 Å². The summed E-state index contributed by atoms with van der Waals surface area (Å²) in [4.78, 5) is 7.37. The number of aromatic nitrogens is 2. The minimum atomic E-state index is -4.37. The molecule has 0 spiro atoms. The first-order valence-corrected chi connectivity index (χ1v) is 5.26. The maximum Gasteiger partial charge on any atom is 0.416 e. The van der Waals surface area contributed by atoms with Gasteiger partial charge in [0.25, 0.3) is 5.88 Å². The van der Waals surface area contributed by atoms with Crippen molar-refractivity contribution < 1.29 is 23.4 Å². The van der Waals surface area contributed by atoms with Gasteiger partial charge in [0.15, 0.2) is 5.75 Å². The molecule has 0 aliphatic rings. The average molecular weight is 270 g/mol. The number of nitrogens with zero attached hydrogens (tertiary/aromatic N) is 2. The first-order valence-electron chi connectivity index (χ1n) is 5.26. The van der Waals surface area contributed by atoms with E-state index in [1.54, 1.807) is 0 Å². The third-order valence-corrected chi connectivity index (χ3v) is 2.44. The summed E-state index contributed by atoms with van der Waals surface area (Å²) in [6.45, 7) is 0. The monoisotopic (exact) mass is 270 g/mol. The molecule has 0 unspecified atom stereocenters. The smallest absolute Gasteiger partial charge is 0.416 e. The Balaban J connectivity index is 2.17. The van der Waals surface area contributed by atoms with Gasteiger partial charge in [-0.05, 0) is 17.7 Å². The van der Waals surface area contributed by atoms with Crippen molar-refractivity contribution in [3.8, 4) is 11.6 Å². The highest BCUT2D eigenvalue weighted by molar-refractivity contribution is 5.30. The third-order valence-electron chi connectivity index (χ3n) is 2.44. The molecule has 19 heavy (non-hydrogen) atoms. The highest BCUT2D eigenvalue weighted by Gasteiger charge is 2.29. The van der Waals surface area contributed by atoms with Crippen LogP contribution in [-0.2, 0) is 12.6 Å². The zero-order valence-electron chi connectivity index (χ0n) is 9.52. The average Bonchev–Trinajstić information content (AvgIpc) is 2.33. The second-order valence-electron chi connectivity index (χ2n) is 3.87. The maximum atomic E-state index is 12.4. The van der Waals surface area contributed by atoms with Gasteiger partial charge in [0.2, 0.25) is 0 Å². The normalized spacial score (nSPS) is 11.5. The zero-order valence-corrected chi connectivity index (χ0v) is 9.52. The Morgan fingerprint density at radius 3 is 2.21 bits per heavy atom. The van der Waals surface area contributed by atoms with E-state index in [1.807, 2.05) is 0 Å². The van der Waals surface area contributed by atoms with E-state index in [0.29, 0.717) is 5.56 Å². The zero-order chi connectivity index (χ0) is 14.0. The van der Waals surface area contributed by atoms with E-state index in [0.717, 1.165) is 18.3 Å². The van der Waals surface area contributed by atoms with Gasteiger partial charge in [-0.25, -0.2) is 4.98 Å². The molecule has 0 bridgehead atoms. The molecule has 0 saturated carbocycles. The highest BCUT2D eigenvalue weighted by Crippen LogP contribution is 2.29. The maximum absolute atomic E-state index is 12.4. The molecule has 0 atom stereocenters. The fourth-order valence-corrected chi connectivity index (χ4v) is 1.48. The summed E-state index contributed by atoms with van der Waals surface area (Å²) in [5, 5.41) is 18.2. The summed E-state index contributed by atoms with van der Waals surface area (Å²) in [5.74, 6) is -0.803. The summed E-state index contributed by atoms with van der Waals surface area (Å²) in [6.07, 6.45) is -3.18. The standard InChI is InChI=1S/C12H9F3N2O2/c13-12(14,15)8-3-1-7(2-4-8)5-10-16-6-9(18)11(19)17-10/h1-4,6,18H,5H2,(H,16,17,19). The van der Waals surface area contributed by atoms with Crippen LogP contribution in [0.25, 0.3) is 0 Å². The molecule has 0 aliphatic carbocycles. The Morgan fingerprint density at radius 1 is 1.05 bits per heavy atom. The molecule has 2 aromatic rings. The lowest BCUT2D eigenvalue weighted by molar-refractivity contribution is -0.137. The quantitative estimate of drug-likeness (QED) is 0.879. The third kappa shape index (κ3) is 3.12. The molecule has 100 valence electrons. The van der Waals surface area contributed by atoms with Crippen molar-refractivity contribution in [3.63, 3.8) is 0 Å². The van der Waals surface area contributed by atoms with E-state index in [4.69, 9.17) is 5.11 Å². The first kappa shape index (κ1) is 13.1. The number of aromatic hydroxyl groups is 2. The predicted octanol–water partition coefficient (Wildman–Crippen LogP) is 2.50. The van der Waals surface area contributed by atoms with Crippen LogP contribution < -0.4 is 0 Å². The number of hydrogen-bond donors (Lipinski definition) is 2. The minimum absolute atomic E-state index is 0.159. The van der Waals surface area contributed by atoms with Crippen LogP contribution in [0.5, 0.6) is 11.6 Å². The van der Waals surface area contributed by atoms with Gasteiger partial charge in [-0.3, -0.25) is 0 Å². The van der Waals surface area contributed by atoms with Gasteiger partial charge in [0.1, 0.15) is 5.82 Å². The van der Waals surface area contributed by atoms with Gasteiger partial charge in [0.05, 0.1) is 11.8 Å². The molecule has 2 N–H and O–H groups in total. The summed E-state index contributed by atoms with van der Waals surface area (Å²) in [6, 6.07) is 4.57. The summed E-state index contributed by atoms with van der Waals surface area (Å²) in [7, 11) is 0. The molecule has 0 amide bonds. The van der Waals surface area contributed by atoms with Crippen LogP contribution in [-0.4, -0.2) is 20.2 Å². The Labute approximate surface area is 106 Å². The van der Waals surface area contributed by atoms with Crippen molar-refractivity contribution in [1.82, 2.24) is 9.97 Å². The summed E-state index contributed by atoms with van der Waals surface area (Å²) in [5.41, 5.74) is -0.163. The SMILES string of the molecule is Oc1cnc(Cc2ccc(C(F)(F)F)cc2)nc1O. The Morgan fingerprint density at radius 2 is 1.68 bits per heavy atom. The van der Waals surface area contributed by atoms with Crippen LogP contribution in [0.3, 0.4) is 0 Å². The molecular formula is C12H9F3N2O2. The number of hydrogen-bond acceptors (Lipinski definition) is 4. The fraction of sp³-hybridized carbons (Fsp3) is 0.167. The van der Waals surface area contributed by atoms with Crippen molar-refractivity contribution in [1.29, 1.82) is 0 Å². The minimum Gasteiger partial charge on any atom is -0.502 e. The van der Waals surface area contributed by atoms with E-state index in [9.17, 15) is 18.3 Å². The van der Waals surface area contributed by atoms with Crippen LogP contribution in [0.4, 0.5) is 13.2 Å². The van der Waals surface area contributed by atoms with Gasteiger partial charge in [-0.2, -0.15) is 18.2 Å². The van der Waals surface area contributed by atoms with Gasteiger partial charge in [-0.1, -0.05) is 12.1 Å². The largest absolute Gasteiger partial charge is 0.502 e. The lowest BCUT2D eigenvalue weighted by atomic mass is 10.1. The van der Waals surface area contributed by atoms with E-state index in [1.165, 1.54) is 12.1 Å². The Bertz CT molecular complexity index is 583. The van der Waals surface area contributed by atoms with Crippen molar-refractivity contribution in [2.45, 2.75) is 12.6 Å². The molecule has 0 aliphatic heterocycles. The molecule has 2 rings (SSSR count). The number of benzene rings is 1. The molecular weight excluding hydrogens is 261 g/mol. The molecule has 4 nitrogen and oxygen atoms in total. The van der Waals surface area contributed by atoms with Crippen LogP contribution in [0.15, 0.2) is 30.5 Å². The fourth-order valence-electron chi connectivity index (χ4n) is 1.48. The van der Waals surface area contributed by atoms with Crippen LogP contribution in [0, 0.1) is 0 Å². The van der Waals surface area contributed by atoms with E-state index in [-0.39, 0.29) is 12.2 Å². The van der Waals surface area contributed by atoms with Gasteiger partial charge in [-0.15, -0.1) is 0 Å². The molecule has 1 heterocycles. The first-order chi connectivity index (χ1) is 8.86. The summed E-state index contributed by atoms with van der Waals surface area (Å²) < 4.78 is 37.1. The molecule has 0 fully saturated rings. The Kier molecular flexibility index (Phi) is 3.28. The van der Waals surface area contributed by atoms with Crippen molar-refractivity contribution in [3.05, 3.63) is 47.4 Å². The van der Waals surface area contributed by atoms with Crippen molar-refractivity contribution in [2.24, 2.45) is 0 Å². The molecule has 0 radical (unpaired) electrons. The van der Waals surface area contributed by atoms with Crippen LogP contribution in [0.2, 0.25) is 0 Å². The number of alkyl halides is 3. The number of rotatable bonds is 2.